The van der Waals surface area contributed by atoms with Crippen molar-refractivity contribution >= 4 is 22.2 Å². The first-order valence-electron chi connectivity index (χ1n) is 7.50. The number of hydrogen-bond donors (Lipinski definition) is 0. The maximum Gasteiger partial charge on any atom is 0.274 e. The van der Waals surface area contributed by atoms with Crippen molar-refractivity contribution in [3.05, 3.63) is 41.8 Å². The third-order valence-corrected chi connectivity index (χ3v) is 4.82. The number of carbonyl (C=O) groups is 1. The first-order chi connectivity index (χ1) is 10.8. The number of likely N-dealkylation sites (tertiary alicyclic amines) is 1. The number of fused-ring (bicyclic) bond motifs is 1. The van der Waals surface area contributed by atoms with Crippen molar-refractivity contribution in [2.75, 3.05) is 13.1 Å². The van der Waals surface area contributed by atoms with Crippen molar-refractivity contribution < 1.29 is 4.79 Å². The number of aromatic nitrogens is 3. The molecule has 6 heteroatoms. The number of pyridine rings is 1. The lowest BCUT2D eigenvalue weighted by Gasteiger charge is -2.26. The van der Waals surface area contributed by atoms with Gasteiger partial charge in [-0.05, 0) is 31.4 Å². The fourth-order valence-electron chi connectivity index (χ4n) is 2.97. The maximum absolute atomic E-state index is 12.9. The molecule has 3 aromatic heterocycles. The smallest absolute Gasteiger partial charge is 0.274 e. The fourth-order valence-corrected chi connectivity index (χ4v) is 3.68. The molecule has 1 fully saturated rings. The van der Waals surface area contributed by atoms with Crippen LogP contribution >= 0.6 is 11.3 Å². The van der Waals surface area contributed by atoms with E-state index in [-0.39, 0.29) is 5.91 Å². The number of thiazole rings is 1. The van der Waals surface area contributed by atoms with Gasteiger partial charge in [-0.3, -0.25) is 14.2 Å². The molecule has 0 aliphatic carbocycles. The first-order valence-corrected chi connectivity index (χ1v) is 8.38. The molecule has 112 valence electrons. The Kier molecular flexibility index (Phi) is 3.38. The zero-order valence-corrected chi connectivity index (χ0v) is 12.9. The predicted molar refractivity (Wildman–Crippen MR) is 86.1 cm³/mol. The van der Waals surface area contributed by atoms with Crippen LogP contribution in [0.15, 0.2) is 36.1 Å². The first kappa shape index (κ1) is 13.5. The summed E-state index contributed by atoms with van der Waals surface area (Å²) in [5.74, 6) is 0.0439. The van der Waals surface area contributed by atoms with Gasteiger partial charge in [-0.15, -0.1) is 11.3 Å². The van der Waals surface area contributed by atoms with Gasteiger partial charge in [0.2, 0.25) is 0 Å². The van der Waals surface area contributed by atoms with Crippen LogP contribution in [0.2, 0.25) is 0 Å². The zero-order chi connectivity index (χ0) is 14.9. The number of carbonyl (C=O) groups excluding carboxylic acids is 1. The number of nitrogens with zero attached hydrogens (tertiary/aromatic N) is 4. The van der Waals surface area contributed by atoms with Crippen LogP contribution in [0.3, 0.4) is 0 Å². The summed E-state index contributed by atoms with van der Waals surface area (Å²) < 4.78 is 2.00. The number of rotatable bonds is 2. The Hall–Kier alpha value is -2.21. The Balaban J connectivity index is 1.83. The van der Waals surface area contributed by atoms with E-state index in [1.165, 1.54) is 6.42 Å². The molecule has 0 spiro atoms. The Morgan fingerprint density at radius 3 is 2.68 bits per heavy atom. The molecule has 1 saturated heterocycles. The van der Waals surface area contributed by atoms with E-state index in [4.69, 9.17) is 0 Å². The number of piperidine rings is 1. The minimum Gasteiger partial charge on any atom is -0.337 e. The molecule has 1 aliphatic rings. The van der Waals surface area contributed by atoms with Crippen molar-refractivity contribution in [2.24, 2.45) is 0 Å². The standard InChI is InChI=1S/C16H16N4OS/c21-15(19-8-2-1-3-9-19)13-14(12-4-6-17-7-5-12)20-10-11-22-16(20)18-13/h4-7,10-11H,1-3,8-9H2. The highest BCUT2D eigenvalue weighted by Gasteiger charge is 2.26. The fraction of sp³-hybridized carbons (Fsp3) is 0.312. The molecule has 5 nitrogen and oxygen atoms in total. The minimum absolute atomic E-state index is 0.0439. The van der Waals surface area contributed by atoms with Gasteiger partial charge in [-0.25, -0.2) is 4.98 Å². The van der Waals surface area contributed by atoms with Gasteiger partial charge in [0.25, 0.3) is 5.91 Å². The maximum atomic E-state index is 12.9. The molecule has 0 unspecified atom stereocenters. The van der Waals surface area contributed by atoms with Crippen molar-refractivity contribution in [3.63, 3.8) is 0 Å². The molecule has 4 rings (SSSR count). The third-order valence-electron chi connectivity index (χ3n) is 4.06. The summed E-state index contributed by atoms with van der Waals surface area (Å²) in [5.41, 5.74) is 2.40. The van der Waals surface area contributed by atoms with Crippen molar-refractivity contribution in [3.8, 4) is 11.3 Å². The zero-order valence-electron chi connectivity index (χ0n) is 12.1. The van der Waals surface area contributed by atoms with E-state index >= 15 is 0 Å². The number of hydrogen-bond acceptors (Lipinski definition) is 4. The molecular formula is C16H16N4OS. The van der Waals surface area contributed by atoms with Crippen LogP contribution in [0.1, 0.15) is 29.8 Å². The van der Waals surface area contributed by atoms with Gasteiger partial charge in [-0.1, -0.05) is 0 Å². The Morgan fingerprint density at radius 1 is 1.14 bits per heavy atom. The van der Waals surface area contributed by atoms with Crippen LogP contribution in [0.5, 0.6) is 0 Å². The topological polar surface area (TPSA) is 50.5 Å². The number of imidazole rings is 1. The monoisotopic (exact) mass is 312 g/mol. The molecule has 0 atom stereocenters. The molecule has 4 heterocycles. The summed E-state index contributed by atoms with van der Waals surface area (Å²) in [5, 5.41) is 1.99. The van der Waals surface area contributed by atoms with E-state index in [9.17, 15) is 4.79 Å². The molecule has 1 aliphatic heterocycles. The van der Waals surface area contributed by atoms with Gasteiger partial charge < -0.3 is 4.90 Å². The highest BCUT2D eigenvalue weighted by molar-refractivity contribution is 7.15. The second-order valence-corrected chi connectivity index (χ2v) is 6.33. The molecule has 1 amide bonds. The average molecular weight is 312 g/mol. The lowest BCUT2D eigenvalue weighted by Crippen LogP contribution is -2.36. The largest absolute Gasteiger partial charge is 0.337 e. The lowest BCUT2D eigenvalue weighted by molar-refractivity contribution is 0.0720. The van der Waals surface area contributed by atoms with E-state index in [0.717, 1.165) is 42.1 Å². The van der Waals surface area contributed by atoms with Crippen LogP contribution in [0, 0.1) is 0 Å². The van der Waals surface area contributed by atoms with Gasteiger partial charge in [0.1, 0.15) is 0 Å². The van der Waals surface area contributed by atoms with E-state index in [1.54, 1.807) is 23.7 Å². The molecule has 0 bridgehead atoms. The third kappa shape index (κ3) is 2.20. The molecule has 3 aromatic rings. The van der Waals surface area contributed by atoms with Gasteiger partial charge in [0.05, 0.1) is 5.69 Å². The SMILES string of the molecule is O=C(c1nc2sccn2c1-c1ccncc1)N1CCCCC1. The van der Waals surface area contributed by atoms with E-state index < -0.39 is 0 Å². The molecule has 22 heavy (non-hydrogen) atoms. The lowest BCUT2D eigenvalue weighted by atomic mass is 10.1. The highest BCUT2D eigenvalue weighted by atomic mass is 32.1. The van der Waals surface area contributed by atoms with E-state index in [2.05, 4.69) is 9.97 Å². The Morgan fingerprint density at radius 2 is 1.91 bits per heavy atom. The summed E-state index contributed by atoms with van der Waals surface area (Å²) in [6.07, 6.45) is 8.83. The second-order valence-electron chi connectivity index (χ2n) is 5.45. The molecule has 0 aromatic carbocycles. The molecular weight excluding hydrogens is 296 g/mol. The van der Waals surface area contributed by atoms with Crippen molar-refractivity contribution in [1.29, 1.82) is 0 Å². The van der Waals surface area contributed by atoms with Crippen molar-refractivity contribution in [2.45, 2.75) is 19.3 Å². The number of amides is 1. The summed E-state index contributed by atoms with van der Waals surface area (Å²) >= 11 is 1.55. The highest BCUT2D eigenvalue weighted by Crippen LogP contribution is 2.28. The van der Waals surface area contributed by atoms with Crippen molar-refractivity contribution in [1.82, 2.24) is 19.3 Å². The van der Waals surface area contributed by atoms with E-state index in [1.807, 2.05) is 33.0 Å². The summed E-state index contributed by atoms with van der Waals surface area (Å²) in [6.45, 7) is 1.67. The summed E-state index contributed by atoms with van der Waals surface area (Å²) in [4.78, 5) is 24.3. The Labute approximate surface area is 132 Å². The summed E-state index contributed by atoms with van der Waals surface area (Å²) in [6, 6.07) is 3.85. The van der Waals surface area contributed by atoms with Crippen LogP contribution in [-0.4, -0.2) is 38.3 Å². The van der Waals surface area contributed by atoms with Gasteiger partial charge in [0, 0.05) is 42.6 Å². The Bertz CT molecular complexity index is 802. The molecule has 0 saturated carbocycles. The van der Waals surface area contributed by atoms with E-state index in [0.29, 0.717) is 5.69 Å². The minimum atomic E-state index is 0.0439. The van der Waals surface area contributed by atoms with Gasteiger partial charge in [-0.2, -0.15) is 0 Å². The van der Waals surface area contributed by atoms with Crippen LogP contribution < -0.4 is 0 Å². The van der Waals surface area contributed by atoms with Crippen LogP contribution in [0.25, 0.3) is 16.2 Å². The predicted octanol–water partition coefficient (Wildman–Crippen LogP) is 3.08. The normalized spacial score (nSPS) is 15.4. The average Bonchev–Trinajstić information content (AvgIpc) is 3.16. The van der Waals surface area contributed by atoms with Gasteiger partial charge in [0.15, 0.2) is 10.7 Å². The molecule has 0 radical (unpaired) electrons. The van der Waals surface area contributed by atoms with Crippen LogP contribution in [-0.2, 0) is 0 Å². The van der Waals surface area contributed by atoms with Crippen LogP contribution in [0.4, 0.5) is 0 Å². The molecule has 0 N–H and O–H groups in total. The quantitative estimate of drug-likeness (QED) is 0.730. The second kappa shape index (κ2) is 5.53. The van der Waals surface area contributed by atoms with Gasteiger partial charge >= 0.3 is 0 Å². The summed E-state index contributed by atoms with van der Waals surface area (Å²) in [7, 11) is 0.